The number of hydrogen-bond acceptors (Lipinski definition) is 2. The van der Waals surface area contributed by atoms with Crippen molar-refractivity contribution in [3.8, 4) is 0 Å². The van der Waals surface area contributed by atoms with Crippen LogP contribution in [0.15, 0.2) is 18.2 Å². The van der Waals surface area contributed by atoms with E-state index in [0.717, 1.165) is 6.07 Å². The van der Waals surface area contributed by atoms with Gasteiger partial charge in [-0.3, -0.25) is 4.90 Å². The molecule has 1 aromatic carbocycles. The Kier molecular flexibility index (Phi) is 3.33. The normalized spacial score (nSPS) is 10.8. The van der Waals surface area contributed by atoms with Gasteiger partial charge in [0.25, 0.3) is 0 Å². The highest BCUT2D eigenvalue weighted by molar-refractivity contribution is 5.18. The lowest BCUT2D eigenvalue weighted by Crippen LogP contribution is -2.19. The lowest BCUT2D eigenvalue weighted by molar-refractivity contribution is 0.126. The van der Waals surface area contributed by atoms with E-state index < -0.39 is 11.6 Å². The Bertz CT molecular complexity index is 291. The summed E-state index contributed by atoms with van der Waals surface area (Å²) >= 11 is 0. The van der Waals surface area contributed by atoms with Gasteiger partial charge in [0.2, 0.25) is 0 Å². The van der Waals surface area contributed by atoms with Gasteiger partial charge in [-0.2, -0.15) is 0 Å². The molecule has 0 radical (unpaired) electrons. The molecule has 0 aliphatic rings. The van der Waals surface area contributed by atoms with Gasteiger partial charge in [-0.1, -0.05) is 6.07 Å². The third-order valence-corrected chi connectivity index (χ3v) is 1.70. The van der Waals surface area contributed by atoms with Crippen molar-refractivity contribution in [1.29, 1.82) is 0 Å². The average molecular weight is 187 g/mol. The molecular weight excluding hydrogens is 176 g/mol. The fraction of sp³-hybridized carbons (Fsp3) is 0.333. The fourth-order valence-corrected chi connectivity index (χ4v) is 0.991. The second-order valence-electron chi connectivity index (χ2n) is 2.89. The first-order valence-corrected chi connectivity index (χ1v) is 3.87. The molecule has 4 heteroatoms. The van der Waals surface area contributed by atoms with Crippen LogP contribution in [0.4, 0.5) is 8.78 Å². The van der Waals surface area contributed by atoms with E-state index in [1.54, 1.807) is 7.05 Å². The summed E-state index contributed by atoms with van der Waals surface area (Å²) in [6.45, 7) is 0.111. The van der Waals surface area contributed by atoms with Gasteiger partial charge in [-0.15, -0.1) is 0 Å². The molecule has 0 spiro atoms. The molecule has 0 saturated heterocycles. The van der Waals surface area contributed by atoms with Crippen LogP contribution in [0.25, 0.3) is 0 Å². The zero-order chi connectivity index (χ0) is 9.84. The van der Waals surface area contributed by atoms with Crippen molar-refractivity contribution in [1.82, 2.24) is 4.90 Å². The lowest BCUT2D eigenvalue weighted by atomic mass is 10.2. The van der Waals surface area contributed by atoms with Crippen molar-refractivity contribution in [2.45, 2.75) is 6.54 Å². The van der Waals surface area contributed by atoms with Gasteiger partial charge in [0.05, 0.1) is 6.73 Å². The molecular formula is C9H11F2NO. The summed E-state index contributed by atoms with van der Waals surface area (Å²) in [6, 6.07) is 3.40. The molecule has 1 N–H and O–H groups in total. The molecule has 1 aromatic rings. The van der Waals surface area contributed by atoms with Crippen LogP contribution in [0.3, 0.4) is 0 Å². The summed E-state index contributed by atoms with van der Waals surface area (Å²) in [5.74, 6) is -1.17. The van der Waals surface area contributed by atoms with Crippen LogP contribution in [0, 0.1) is 11.6 Å². The fourth-order valence-electron chi connectivity index (χ4n) is 0.991. The standard InChI is InChI=1S/C9H11F2NO/c1-12(6-13)5-7-2-3-8(10)4-9(7)11/h2-4,13H,5-6H2,1H3. The summed E-state index contributed by atoms with van der Waals surface area (Å²) < 4.78 is 25.5. The van der Waals surface area contributed by atoms with E-state index in [0.29, 0.717) is 5.56 Å². The summed E-state index contributed by atoms with van der Waals surface area (Å²) in [7, 11) is 1.64. The molecule has 0 bridgehead atoms. The molecule has 0 fully saturated rings. The second kappa shape index (κ2) is 4.30. The maximum Gasteiger partial charge on any atom is 0.130 e. The Morgan fingerprint density at radius 3 is 2.62 bits per heavy atom. The summed E-state index contributed by atoms with van der Waals surface area (Å²) in [5.41, 5.74) is 0.373. The highest BCUT2D eigenvalue weighted by atomic mass is 19.1. The summed E-state index contributed by atoms with van der Waals surface area (Å²) in [5, 5.41) is 8.67. The average Bonchev–Trinajstić information content (AvgIpc) is 2.09. The quantitative estimate of drug-likeness (QED) is 0.722. The first-order chi connectivity index (χ1) is 6.13. The van der Waals surface area contributed by atoms with E-state index in [2.05, 4.69) is 0 Å². The second-order valence-corrected chi connectivity index (χ2v) is 2.89. The maximum atomic E-state index is 13.0. The number of aliphatic hydroxyl groups is 1. The largest absolute Gasteiger partial charge is 0.381 e. The van der Waals surface area contributed by atoms with Crippen LogP contribution in [0.1, 0.15) is 5.56 Å². The Balaban J connectivity index is 2.77. The van der Waals surface area contributed by atoms with Crippen LogP contribution in [-0.4, -0.2) is 23.8 Å². The third-order valence-electron chi connectivity index (χ3n) is 1.70. The van der Waals surface area contributed by atoms with Gasteiger partial charge in [0, 0.05) is 18.2 Å². The van der Waals surface area contributed by atoms with Crippen LogP contribution in [-0.2, 0) is 6.54 Å². The van der Waals surface area contributed by atoms with Crippen molar-refractivity contribution in [3.05, 3.63) is 35.4 Å². The highest BCUT2D eigenvalue weighted by Crippen LogP contribution is 2.10. The maximum absolute atomic E-state index is 13.0. The molecule has 0 aromatic heterocycles. The molecule has 0 atom stereocenters. The molecule has 0 saturated carbocycles. The molecule has 0 unspecified atom stereocenters. The van der Waals surface area contributed by atoms with Crippen LogP contribution in [0.5, 0.6) is 0 Å². The number of aliphatic hydroxyl groups excluding tert-OH is 1. The predicted octanol–water partition coefficient (Wildman–Crippen LogP) is 1.35. The number of halogens is 2. The minimum absolute atomic E-state index is 0.156. The van der Waals surface area contributed by atoms with E-state index in [-0.39, 0.29) is 13.3 Å². The van der Waals surface area contributed by atoms with Crippen molar-refractivity contribution < 1.29 is 13.9 Å². The van der Waals surface area contributed by atoms with E-state index in [4.69, 9.17) is 5.11 Å². The van der Waals surface area contributed by atoms with Crippen LogP contribution in [0.2, 0.25) is 0 Å². The van der Waals surface area contributed by atoms with Gasteiger partial charge in [0.1, 0.15) is 11.6 Å². The van der Waals surface area contributed by atoms with Gasteiger partial charge < -0.3 is 5.11 Å². The predicted molar refractivity (Wildman–Crippen MR) is 44.9 cm³/mol. The first kappa shape index (κ1) is 10.1. The minimum Gasteiger partial charge on any atom is -0.381 e. The zero-order valence-corrected chi connectivity index (χ0v) is 7.30. The van der Waals surface area contributed by atoms with Crippen molar-refractivity contribution in [2.75, 3.05) is 13.8 Å². The van der Waals surface area contributed by atoms with Gasteiger partial charge in [-0.25, -0.2) is 8.78 Å². The SMILES string of the molecule is CN(CO)Cc1ccc(F)cc1F. The number of rotatable bonds is 3. The molecule has 0 aliphatic carbocycles. The van der Waals surface area contributed by atoms with E-state index >= 15 is 0 Å². The van der Waals surface area contributed by atoms with Crippen molar-refractivity contribution in [3.63, 3.8) is 0 Å². The minimum atomic E-state index is -0.590. The number of nitrogens with zero attached hydrogens (tertiary/aromatic N) is 1. The van der Waals surface area contributed by atoms with E-state index in [9.17, 15) is 8.78 Å². The van der Waals surface area contributed by atoms with Crippen LogP contribution >= 0.6 is 0 Å². The zero-order valence-electron chi connectivity index (χ0n) is 7.30. The summed E-state index contributed by atoms with van der Waals surface area (Å²) in [4.78, 5) is 1.51. The lowest BCUT2D eigenvalue weighted by Gasteiger charge is -2.13. The Labute approximate surface area is 75.4 Å². The van der Waals surface area contributed by atoms with Gasteiger partial charge >= 0.3 is 0 Å². The molecule has 0 heterocycles. The van der Waals surface area contributed by atoms with E-state index in [1.165, 1.54) is 17.0 Å². The van der Waals surface area contributed by atoms with Gasteiger partial charge in [0.15, 0.2) is 0 Å². The Morgan fingerprint density at radius 1 is 1.38 bits per heavy atom. The topological polar surface area (TPSA) is 23.5 Å². The van der Waals surface area contributed by atoms with Crippen LogP contribution < -0.4 is 0 Å². The molecule has 1 rings (SSSR count). The smallest absolute Gasteiger partial charge is 0.130 e. The van der Waals surface area contributed by atoms with E-state index in [1.807, 2.05) is 0 Å². The van der Waals surface area contributed by atoms with Crippen molar-refractivity contribution in [2.24, 2.45) is 0 Å². The first-order valence-electron chi connectivity index (χ1n) is 3.87. The Hall–Kier alpha value is -1.00. The summed E-state index contributed by atoms with van der Waals surface area (Å²) in [6.07, 6.45) is 0. The monoisotopic (exact) mass is 187 g/mol. The highest BCUT2D eigenvalue weighted by Gasteiger charge is 2.05. The third kappa shape index (κ3) is 2.75. The molecule has 72 valence electrons. The number of hydrogen-bond donors (Lipinski definition) is 1. The van der Waals surface area contributed by atoms with Crippen molar-refractivity contribution >= 4 is 0 Å². The Morgan fingerprint density at radius 2 is 2.08 bits per heavy atom. The molecule has 0 aliphatic heterocycles. The molecule has 0 amide bonds. The number of benzene rings is 1. The molecule has 2 nitrogen and oxygen atoms in total. The molecule has 13 heavy (non-hydrogen) atoms. The van der Waals surface area contributed by atoms with Gasteiger partial charge in [-0.05, 0) is 13.1 Å².